The van der Waals surface area contributed by atoms with Gasteiger partial charge >= 0.3 is 0 Å². The second-order valence-electron chi connectivity index (χ2n) is 2.89. The van der Waals surface area contributed by atoms with Crippen molar-refractivity contribution in [2.24, 2.45) is 0 Å². The molecular weight excluding hydrogens is 174 g/mol. The van der Waals surface area contributed by atoms with Crippen LogP contribution in [-0.4, -0.2) is 15.0 Å². The summed E-state index contributed by atoms with van der Waals surface area (Å²) >= 11 is 5.71. The molecule has 0 atom stereocenters. The van der Waals surface area contributed by atoms with Gasteiger partial charge in [-0.2, -0.15) is 0 Å². The maximum atomic E-state index is 5.71. The minimum absolute atomic E-state index is 0.297. The monoisotopic (exact) mass is 185 g/mol. The Balaban J connectivity index is 3.06. The fourth-order valence-corrected chi connectivity index (χ4v) is 1.01. The second-order valence-corrected chi connectivity index (χ2v) is 3.23. The first-order valence-electron chi connectivity index (χ1n) is 4.03. The van der Waals surface area contributed by atoms with Crippen molar-refractivity contribution in [2.75, 3.05) is 0 Å². The topological polar surface area (TPSA) is 38.7 Å². The Morgan fingerprint density at radius 2 is 1.92 bits per heavy atom. The maximum absolute atomic E-state index is 5.71. The first-order valence-corrected chi connectivity index (χ1v) is 4.41. The molecule has 3 nitrogen and oxygen atoms in total. The Morgan fingerprint density at radius 1 is 1.25 bits per heavy atom. The number of aryl methyl sites for hydroxylation is 1. The van der Waals surface area contributed by atoms with Crippen LogP contribution in [0, 0.1) is 0 Å². The van der Waals surface area contributed by atoms with Crippen LogP contribution in [0.2, 0.25) is 5.28 Å². The summed E-state index contributed by atoms with van der Waals surface area (Å²) < 4.78 is 0. The zero-order valence-corrected chi connectivity index (χ0v) is 8.26. The molecule has 0 spiro atoms. The van der Waals surface area contributed by atoms with Crippen molar-refractivity contribution in [1.82, 2.24) is 15.0 Å². The van der Waals surface area contributed by atoms with E-state index in [1.54, 1.807) is 0 Å². The molecule has 12 heavy (non-hydrogen) atoms. The number of hydrogen-bond acceptors (Lipinski definition) is 3. The van der Waals surface area contributed by atoms with Crippen LogP contribution in [0.5, 0.6) is 0 Å². The molecule has 1 heterocycles. The van der Waals surface area contributed by atoms with E-state index in [4.69, 9.17) is 11.6 Å². The number of halogens is 1. The highest BCUT2D eigenvalue weighted by atomic mass is 35.5. The second kappa shape index (κ2) is 3.81. The van der Waals surface area contributed by atoms with E-state index >= 15 is 0 Å². The standard InChI is InChI=1S/C8H12ClN3/c1-4-6-10-7(5(2)3)12-8(9)11-6/h5H,4H2,1-3H3. The number of hydrogen-bond donors (Lipinski definition) is 0. The Bertz CT molecular complexity index is 273. The van der Waals surface area contributed by atoms with Gasteiger partial charge in [0.2, 0.25) is 5.28 Å². The molecule has 66 valence electrons. The van der Waals surface area contributed by atoms with Gasteiger partial charge in [-0.3, -0.25) is 0 Å². The fourth-order valence-electron chi connectivity index (χ4n) is 0.825. The SMILES string of the molecule is CCc1nc(Cl)nc(C(C)C)n1. The van der Waals surface area contributed by atoms with E-state index in [0.29, 0.717) is 11.2 Å². The van der Waals surface area contributed by atoms with Gasteiger partial charge < -0.3 is 0 Å². The van der Waals surface area contributed by atoms with Gasteiger partial charge in [-0.05, 0) is 11.6 Å². The van der Waals surface area contributed by atoms with Crippen molar-refractivity contribution >= 4 is 11.6 Å². The Kier molecular flexibility index (Phi) is 2.98. The molecule has 0 unspecified atom stereocenters. The number of nitrogens with zero attached hydrogens (tertiary/aromatic N) is 3. The molecule has 0 aliphatic heterocycles. The molecule has 0 N–H and O–H groups in total. The molecule has 0 aliphatic rings. The van der Waals surface area contributed by atoms with Gasteiger partial charge in [-0.15, -0.1) is 0 Å². The first kappa shape index (κ1) is 9.39. The lowest BCUT2D eigenvalue weighted by molar-refractivity contribution is 0.734. The van der Waals surface area contributed by atoms with Crippen LogP contribution >= 0.6 is 11.6 Å². The molecule has 0 saturated heterocycles. The summed E-state index contributed by atoms with van der Waals surface area (Å²) in [6.07, 6.45) is 0.794. The third kappa shape index (κ3) is 2.14. The maximum Gasteiger partial charge on any atom is 0.225 e. The highest BCUT2D eigenvalue weighted by Gasteiger charge is 2.06. The van der Waals surface area contributed by atoms with Gasteiger partial charge in [0.15, 0.2) is 0 Å². The molecule has 1 rings (SSSR count). The van der Waals surface area contributed by atoms with Gasteiger partial charge in [0.05, 0.1) is 0 Å². The van der Waals surface area contributed by atoms with E-state index in [-0.39, 0.29) is 0 Å². The van der Waals surface area contributed by atoms with Crippen LogP contribution in [0.15, 0.2) is 0 Å². The molecular formula is C8H12ClN3. The van der Waals surface area contributed by atoms with Gasteiger partial charge in [-0.1, -0.05) is 20.8 Å². The average Bonchev–Trinajstić information content (AvgIpc) is 2.03. The molecule has 0 radical (unpaired) electrons. The lowest BCUT2D eigenvalue weighted by Gasteiger charge is -2.04. The van der Waals surface area contributed by atoms with E-state index < -0.39 is 0 Å². The minimum atomic E-state index is 0.297. The third-order valence-electron chi connectivity index (χ3n) is 1.50. The van der Waals surface area contributed by atoms with Crippen LogP contribution < -0.4 is 0 Å². The zero-order valence-electron chi connectivity index (χ0n) is 7.50. The van der Waals surface area contributed by atoms with Crippen LogP contribution in [0.1, 0.15) is 38.3 Å². The summed E-state index contributed by atoms with van der Waals surface area (Å²) in [4.78, 5) is 12.2. The van der Waals surface area contributed by atoms with E-state index in [9.17, 15) is 0 Å². The molecule has 0 aliphatic carbocycles. The summed E-state index contributed by atoms with van der Waals surface area (Å²) in [7, 11) is 0. The van der Waals surface area contributed by atoms with Crippen LogP contribution in [0.3, 0.4) is 0 Å². The van der Waals surface area contributed by atoms with Crippen LogP contribution in [0.25, 0.3) is 0 Å². The Morgan fingerprint density at radius 3 is 2.42 bits per heavy atom. The van der Waals surface area contributed by atoms with E-state index in [1.807, 2.05) is 20.8 Å². The van der Waals surface area contributed by atoms with Gasteiger partial charge in [0, 0.05) is 12.3 Å². The van der Waals surface area contributed by atoms with Crippen LogP contribution in [-0.2, 0) is 6.42 Å². The molecule has 0 aromatic carbocycles. The van der Waals surface area contributed by atoms with Gasteiger partial charge in [-0.25, -0.2) is 15.0 Å². The van der Waals surface area contributed by atoms with E-state index in [1.165, 1.54) is 0 Å². The summed E-state index contributed by atoms with van der Waals surface area (Å²) in [5.74, 6) is 1.83. The van der Waals surface area contributed by atoms with Gasteiger partial charge in [0.25, 0.3) is 0 Å². The summed E-state index contributed by atoms with van der Waals surface area (Å²) in [5, 5.41) is 0.297. The van der Waals surface area contributed by atoms with Crippen molar-refractivity contribution in [2.45, 2.75) is 33.1 Å². The van der Waals surface area contributed by atoms with Crippen LogP contribution in [0.4, 0.5) is 0 Å². The van der Waals surface area contributed by atoms with Crippen molar-refractivity contribution < 1.29 is 0 Å². The van der Waals surface area contributed by atoms with E-state index in [0.717, 1.165) is 18.1 Å². The van der Waals surface area contributed by atoms with Crippen molar-refractivity contribution in [3.05, 3.63) is 16.9 Å². The molecule has 0 saturated carbocycles. The first-order chi connectivity index (χ1) is 5.63. The normalized spacial score (nSPS) is 10.8. The summed E-state index contributed by atoms with van der Waals surface area (Å²) in [6, 6.07) is 0. The van der Waals surface area contributed by atoms with E-state index in [2.05, 4.69) is 15.0 Å². The molecule has 0 amide bonds. The van der Waals surface area contributed by atoms with Gasteiger partial charge in [0.1, 0.15) is 11.6 Å². The molecule has 4 heteroatoms. The molecule has 1 aromatic rings. The predicted molar refractivity (Wildman–Crippen MR) is 48.3 cm³/mol. The number of rotatable bonds is 2. The quantitative estimate of drug-likeness (QED) is 0.709. The highest BCUT2D eigenvalue weighted by Crippen LogP contribution is 2.11. The fraction of sp³-hybridized carbons (Fsp3) is 0.625. The zero-order chi connectivity index (χ0) is 9.14. The van der Waals surface area contributed by atoms with Crippen molar-refractivity contribution in [3.63, 3.8) is 0 Å². The molecule has 0 fully saturated rings. The molecule has 0 bridgehead atoms. The highest BCUT2D eigenvalue weighted by molar-refractivity contribution is 6.28. The number of aromatic nitrogens is 3. The Labute approximate surface area is 77.2 Å². The summed E-state index contributed by atoms with van der Waals surface area (Å²) in [5.41, 5.74) is 0. The summed E-state index contributed by atoms with van der Waals surface area (Å²) in [6.45, 7) is 6.06. The lowest BCUT2D eigenvalue weighted by atomic mass is 10.2. The third-order valence-corrected chi connectivity index (χ3v) is 1.67. The molecule has 1 aromatic heterocycles. The smallest absolute Gasteiger partial charge is 0.218 e. The van der Waals surface area contributed by atoms with Crippen molar-refractivity contribution in [3.8, 4) is 0 Å². The van der Waals surface area contributed by atoms with Crippen molar-refractivity contribution in [1.29, 1.82) is 0 Å². The predicted octanol–water partition coefficient (Wildman–Crippen LogP) is 2.21. The minimum Gasteiger partial charge on any atom is -0.218 e. The Hall–Kier alpha value is -0.700. The lowest BCUT2D eigenvalue weighted by Crippen LogP contribution is -2.03. The average molecular weight is 186 g/mol. The largest absolute Gasteiger partial charge is 0.225 e.